The first-order chi connectivity index (χ1) is 9.10. The fourth-order valence-electron chi connectivity index (χ4n) is 1.57. The number of anilines is 2. The van der Waals surface area contributed by atoms with Crippen molar-refractivity contribution in [1.82, 2.24) is 9.97 Å². The van der Waals surface area contributed by atoms with Gasteiger partial charge in [-0.25, -0.2) is 14.8 Å². The Morgan fingerprint density at radius 1 is 1.37 bits per heavy atom. The number of nitrogens with one attached hydrogen (secondary N) is 1. The molecule has 0 fully saturated rings. The second-order valence-corrected chi connectivity index (χ2v) is 3.88. The second-order valence-electron chi connectivity index (χ2n) is 3.88. The molecule has 19 heavy (non-hydrogen) atoms. The average Bonchev–Trinajstić information content (AvgIpc) is 2.41. The predicted molar refractivity (Wildman–Crippen MR) is 70.0 cm³/mol. The van der Waals surface area contributed by atoms with Crippen molar-refractivity contribution in [3.8, 4) is 5.75 Å². The maximum atomic E-state index is 10.8. The van der Waals surface area contributed by atoms with E-state index in [0.29, 0.717) is 5.82 Å². The summed E-state index contributed by atoms with van der Waals surface area (Å²) >= 11 is 0. The van der Waals surface area contributed by atoms with Gasteiger partial charge in [-0.2, -0.15) is 0 Å². The highest BCUT2D eigenvalue weighted by molar-refractivity contribution is 5.83. The monoisotopic (exact) mass is 259 g/mol. The van der Waals surface area contributed by atoms with Gasteiger partial charge in [-0.3, -0.25) is 0 Å². The summed E-state index contributed by atoms with van der Waals surface area (Å²) in [5.41, 5.74) is 1.80. The van der Waals surface area contributed by atoms with Gasteiger partial charge in [0.25, 0.3) is 0 Å². The molecule has 0 aliphatic rings. The summed E-state index contributed by atoms with van der Waals surface area (Å²) in [6.45, 7) is 1.92. The summed E-state index contributed by atoms with van der Waals surface area (Å²) < 4.78 is 5.12. The number of ether oxygens (including phenoxy) is 1. The lowest BCUT2D eigenvalue weighted by Gasteiger charge is -2.10. The van der Waals surface area contributed by atoms with Gasteiger partial charge in [0.05, 0.1) is 7.11 Å². The minimum Gasteiger partial charge on any atom is -0.497 e. The minimum atomic E-state index is -1.16. The lowest BCUT2D eigenvalue weighted by molar-refractivity contribution is 0.0683. The lowest BCUT2D eigenvalue weighted by atomic mass is 10.2. The Morgan fingerprint density at radius 3 is 2.79 bits per heavy atom. The third-order valence-electron chi connectivity index (χ3n) is 2.54. The van der Waals surface area contributed by atoms with Crippen LogP contribution in [0.1, 0.15) is 16.2 Å². The first kappa shape index (κ1) is 12.8. The number of nitrogens with zero attached hydrogens (tertiary/aromatic N) is 2. The standard InChI is InChI=1S/C13H13N3O3/c1-8-7-9(19-2)3-4-10(8)15-11-5-6-14-12(16-11)13(17)18/h3-7H,1-2H3,(H,17,18)(H,14,15,16). The SMILES string of the molecule is COc1ccc(Nc2ccnc(C(=O)O)n2)c(C)c1. The van der Waals surface area contributed by atoms with Gasteiger partial charge in [0.1, 0.15) is 11.6 Å². The molecule has 0 bridgehead atoms. The Kier molecular flexibility index (Phi) is 3.61. The van der Waals surface area contributed by atoms with Gasteiger partial charge in [-0.05, 0) is 36.8 Å². The molecule has 0 spiro atoms. The topological polar surface area (TPSA) is 84.3 Å². The number of benzene rings is 1. The lowest BCUT2D eigenvalue weighted by Crippen LogP contribution is -2.06. The van der Waals surface area contributed by atoms with E-state index < -0.39 is 5.97 Å². The van der Waals surface area contributed by atoms with E-state index in [1.807, 2.05) is 25.1 Å². The van der Waals surface area contributed by atoms with Crippen LogP contribution in [-0.4, -0.2) is 28.2 Å². The minimum absolute atomic E-state index is 0.240. The van der Waals surface area contributed by atoms with E-state index in [9.17, 15) is 4.79 Å². The second kappa shape index (κ2) is 5.34. The first-order valence-corrected chi connectivity index (χ1v) is 5.58. The van der Waals surface area contributed by atoms with E-state index >= 15 is 0 Å². The van der Waals surface area contributed by atoms with Crippen LogP contribution in [0.25, 0.3) is 0 Å². The van der Waals surface area contributed by atoms with Crippen LogP contribution in [0, 0.1) is 6.92 Å². The Morgan fingerprint density at radius 2 is 2.16 bits per heavy atom. The summed E-state index contributed by atoms with van der Waals surface area (Å²) in [7, 11) is 1.60. The highest BCUT2D eigenvalue weighted by Crippen LogP contribution is 2.23. The number of hydrogen-bond acceptors (Lipinski definition) is 5. The van der Waals surface area contributed by atoms with Crippen LogP contribution in [0.2, 0.25) is 0 Å². The van der Waals surface area contributed by atoms with E-state index in [1.54, 1.807) is 13.2 Å². The molecule has 0 aliphatic carbocycles. The van der Waals surface area contributed by atoms with Gasteiger partial charge in [-0.15, -0.1) is 0 Å². The number of carbonyl (C=O) groups is 1. The maximum absolute atomic E-state index is 10.8. The zero-order valence-corrected chi connectivity index (χ0v) is 10.5. The molecule has 1 aromatic heterocycles. The molecule has 0 unspecified atom stereocenters. The quantitative estimate of drug-likeness (QED) is 0.875. The molecule has 1 aromatic carbocycles. The summed E-state index contributed by atoms with van der Waals surface area (Å²) in [6, 6.07) is 7.14. The van der Waals surface area contributed by atoms with Gasteiger partial charge in [0, 0.05) is 11.9 Å². The fraction of sp³-hybridized carbons (Fsp3) is 0.154. The van der Waals surface area contributed by atoms with Crippen molar-refractivity contribution in [2.75, 3.05) is 12.4 Å². The van der Waals surface area contributed by atoms with E-state index in [4.69, 9.17) is 9.84 Å². The highest BCUT2D eigenvalue weighted by Gasteiger charge is 2.08. The Labute approximate surface area is 110 Å². The van der Waals surface area contributed by atoms with Crippen molar-refractivity contribution in [3.05, 3.63) is 41.9 Å². The van der Waals surface area contributed by atoms with Crippen molar-refractivity contribution >= 4 is 17.5 Å². The smallest absolute Gasteiger partial charge is 0.374 e. The molecule has 6 nitrogen and oxygen atoms in total. The fourth-order valence-corrected chi connectivity index (χ4v) is 1.57. The van der Waals surface area contributed by atoms with Crippen molar-refractivity contribution in [1.29, 1.82) is 0 Å². The van der Waals surface area contributed by atoms with Crippen LogP contribution in [0.3, 0.4) is 0 Å². The molecular weight excluding hydrogens is 246 g/mol. The van der Waals surface area contributed by atoms with E-state index in [-0.39, 0.29) is 5.82 Å². The van der Waals surface area contributed by atoms with Crippen molar-refractivity contribution < 1.29 is 14.6 Å². The number of hydrogen-bond donors (Lipinski definition) is 2. The molecular formula is C13H13N3O3. The summed E-state index contributed by atoms with van der Waals surface area (Å²) in [5, 5.41) is 11.9. The number of aromatic carboxylic acids is 1. The van der Waals surface area contributed by atoms with Crippen LogP contribution in [0.15, 0.2) is 30.5 Å². The first-order valence-electron chi connectivity index (χ1n) is 5.58. The van der Waals surface area contributed by atoms with Crippen LogP contribution in [0.4, 0.5) is 11.5 Å². The number of aryl methyl sites for hydroxylation is 1. The normalized spacial score (nSPS) is 10.0. The zero-order chi connectivity index (χ0) is 13.8. The Balaban J connectivity index is 2.26. The number of rotatable bonds is 4. The predicted octanol–water partition coefficient (Wildman–Crippen LogP) is 2.24. The van der Waals surface area contributed by atoms with E-state index in [1.165, 1.54) is 6.20 Å². The Hall–Kier alpha value is -2.63. The van der Waals surface area contributed by atoms with Gasteiger partial charge in [0.15, 0.2) is 0 Å². The molecule has 6 heteroatoms. The molecule has 1 heterocycles. The average molecular weight is 259 g/mol. The van der Waals surface area contributed by atoms with Gasteiger partial charge >= 0.3 is 5.97 Å². The van der Waals surface area contributed by atoms with Crippen molar-refractivity contribution in [2.24, 2.45) is 0 Å². The van der Waals surface area contributed by atoms with E-state index in [2.05, 4.69) is 15.3 Å². The molecule has 0 aliphatic heterocycles. The van der Waals surface area contributed by atoms with Crippen molar-refractivity contribution in [3.63, 3.8) is 0 Å². The molecule has 2 N–H and O–H groups in total. The maximum Gasteiger partial charge on any atom is 0.374 e. The molecule has 98 valence electrons. The number of aromatic nitrogens is 2. The highest BCUT2D eigenvalue weighted by atomic mass is 16.5. The van der Waals surface area contributed by atoms with Crippen LogP contribution in [0.5, 0.6) is 5.75 Å². The Bertz CT molecular complexity index is 614. The van der Waals surface area contributed by atoms with Crippen LogP contribution in [-0.2, 0) is 0 Å². The summed E-state index contributed by atoms with van der Waals surface area (Å²) in [6.07, 6.45) is 1.40. The van der Waals surface area contributed by atoms with Gasteiger partial charge in [-0.1, -0.05) is 0 Å². The number of methoxy groups -OCH3 is 1. The zero-order valence-electron chi connectivity index (χ0n) is 10.5. The molecule has 2 rings (SSSR count). The molecule has 2 aromatic rings. The van der Waals surface area contributed by atoms with Gasteiger partial charge < -0.3 is 15.2 Å². The van der Waals surface area contributed by atoms with E-state index in [0.717, 1.165) is 17.0 Å². The third-order valence-corrected chi connectivity index (χ3v) is 2.54. The molecule has 0 amide bonds. The summed E-state index contributed by atoms with van der Waals surface area (Å²) in [4.78, 5) is 18.3. The summed E-state index contributed by atoms with van der Waals surface area (Å²) in [5.74, 6) is -0.205. The molecule has 0 atom stereocenters. The van der Waals surface area contributed by atoms with Crippen LogP contribution >= 0.6 is 0 Å². The van der Waals surface area contributed by atoms with Gasteiger partial charge in [0.2, 0.25) is 5.82 Å². The largest absolute Gasteiger partial charge is 0.497 e. The third kappa shape index (κ3) is 2.98. The molecule has 0 saturated heterocycles. The van der Waals surface area contributed by atoms with Crippen molar-refractivity contribution in [2.45, 2.75) is 6.92 Å². The molecule has 0 radical (unpaired) electrons. The number of carboxylic acids is 1. The number of carboxylic acid groups (broad SMARTS) is 1. The van der Waals surface area contributed by atoms with Crippen LogP contribution < -0.4 is 10.1 Å². The molecule has 0 saturated carbocycles.